The molecule has 35 heavy (non-hydrogen) atoms. The summed E-state index contributed by atoms with van der Waals surface area (Å²) in [5, 5.41) is 4.28. The van der Waals surface area contributed by atoms with Crippen molar-refractivity contribution in [2.75, 3.05) is 36.0 Å². The van der Waals surface area contributed by atoms with Gasteiger partial charge in [-0.2, -0.15) is 4.98 Å². The molecule has 4 heterocycles. The van der Waals surface area contributed by atoms with E-state index in [1.54, 1.807) is 0 Å². The van der Waals surface area contributed by atoms with Crippen LogP contribution in [0, 0.1) is 15.9 Å². The maximum Gasteiger partial charge on any atom is 0.260 e. The minimum atomic E-state index is -2.59. The zero-order chi connectivity index (χ0) is 24.2. The third kappa shape index (κ3) is 4.75. The molecule has 1 aliphatic carbocycles. The average molecular weight is 591 g/mol. The van der Waals surface area contributed by atoms with Gasteiger partial charge in [-0.3, -0.25) is 0 Å². The Morgan fingerprint density at radius 2 is 1.60 bits per heavy atom. The van der Waals surface area contributed by atoms with Gasteiger partial charge in [-0.1, -0.05) is 5.16 Å². The van der Waals surface area contributed by atoms with Gasteiger partial charge >= 0.3 is 0 Å². The number of anilines is 2. The Labute approximate surface area is 217 Å². The number of pyridine rings is 1. The fraction of sp³-hybridized carbons (Fsp3) is 0.500. The summed E-state index contributed by atoms with van der Waals surface area (Å²) in [6, 6.07) is 10.1. The number of rotatable bonds is 4. The second-order valence-corrected chi connectivity index (χ2v) is 11.5. The summed E-state index contributed by atoms with van der Waals surface area (Å²) in [5.74, 6) is -0.940. The summed E-state index contributed by atoms with van der Waals surface area (Å²) in [7, 11) is 0. The number of alkyl halides is 2. The summed E-state index contributed by atoms with van der Waals surface area (Å²) >= 11 is 2.35. The van der Waals surface area contributed by atoms with Crippen molar-refractivity contribution in [1.82, 2.24) is 15.1 Å². The van der Waals surface area contributed by atoms with Gasteiger partial charge in [-0.05, 0) is 90.9 Å². The SMILES string of the molecule is Cc1cc(-c2noc(-c3ccc(I)cc3N3CCC4(CC3)CC4)n2)cc(N2CCC(F)(F)CC2)n1. The van der Waals surface area contributed by atoms with Crippen molar-refractivity contribution < 1.29 is 13.3 Å². The van der Waals surface area contributed by atoms with E-state index in [4.69, 9.17) is 9.51 Å². The minimum Gasteiger partial charge on any atom is -0.371 e. The highest BCUT2D eigenvalue weighted by Crippen LogP contribution is 2.54. The van der Waals surface area contributed by atoms with Gasteiger partial charge in [0.25, 0.3) is 11.8 Å². The summed E-state index contributed by atoms with van der Waals surface area (Å²) in [5.41, 5.74) is 4.26. The van der Waals surface area contributed by atoms with Crippen LogP contribution in [0.1, 0.15) is 44.2 Å². The van der Waals surface area contributed by atoms with Crippen LogP contribution in [0.25, 0.3) is 22.8 Å². The van der Waals surface area contributed by atoms with Crippen LogP contribution in [0.5, 0.6) is 0 Å². The molecule has 0 amide bonds. The fourth-order valence-electron chi connectivity index (χ4n) is 5.30. The molecule has 184 valence electrons. The highest BCUT2D eigenvalue weighted by Gasteiger charge is 2.44. The van der Waals surface area contributed by atoms with Gasteiger partial charge in [0.05, 0.1) is 11.3 Å². The standard InChI is InChI=1S/C26H28F2IN5O/c1-17-14-18(15-22(30-17)34-12-8-26(27,28)9-13-34)23-31-24(35-32-23)20-3-2-19(29)16-21(20)33-10-6-25(4-5-25)7-11-33/h2-3,14-16H,4-13H2,1H3. The second-order valence-electron chi connectivity index (χ2n) is 10.3. The van der Waals surface area contributed by atoms with Gasteiger partial charge < -0.3 is 14.3 Å². The average Bonchev–Trinajstić information content (AvgIpc) is 3.39. The van der Waals surface area contributed by atoms with E-state index in [2.05, 4.69) is 55.8 Å². The molecule has 9 heteroatoms. The van der Waals surface area contributed by atoms with Crippen molar-refractivity contribution in [2.24, 2.45) is 5.41 Å². The molecule has 1 spiro atoms. The van der Waals surface area contributed by atoms with E-state index in [9.17, 15) is 8.78 Å². The molecule has 2 saturated heterocycles. The number of benzene rings is 1. The van der Waals surface area contributed by atoms with Crippen LogP contribution in [-0.2, 0) is 0 Å². The molecular weight excluding hydrogens is 563 g/mol. The molecule has 2 aromatic heterocycles. The van der Waals surface area contributed by atoms with Crippen LogP contribution in [0.3, 0.4) is 0 Å². The summed E-state index contributed by atoms with van der Waals surface area (Å²) in [6.07, 6.45) is 4.93. The van der Waals surface area contributed by atoms with Crippen molar-refractivity contribution >= 4 is 34.1 Å². The molecule has 0 unspecified atom stereocenters. The van der Waals surface area contributed by atoms with E-state index in [0.29, 0.717) is 22.9 Å². The van der Waals surface area contributed by atoms with E-state index in [1.165, 1.54) is 29.3 Å². The van der Waals surface area contributed by atoms with Crippen molar-refractivity contribution in [3.63, 3.8) is 0 Å². The van der Waals surface area contributed by atoms with Crippen LogP contribution in [-0.4, -0.2) is 47.2 Å². The van der Waals surface area contributed by atoms with Gasteiger partial charge in [0.15, 0.2) is 0 Å². The maximum atomic E-state index is 13.6. The Balaban J connectivity index is 1.28. The lowest BCUT2D eigenvalue weighted by molar-refractivity contribution is -0.0221. The van der Waals surface area contributed by atoms with Gasteiger partial charge in [0, 0.05) is 53.8 Å². The molecule has 6 rings (SSSR count). The summed E-state index contributed by atoms with van der Waals surface area (Å²) in [6.45, 7) is 4.56. The van der Waals surface area contributed by atoms with Gasteiger partial charge in [0.1, 0.15) is 5.82 Å². The fourth-order valence-corrected chi connectivity index (χ4v) is 5.78. The number of hydrogen-bond acceptors (Lipinski definition) is 6. The number of aromatic nitrogens is 3. The first-order valence-corrected chi connectivity index (χ1v) is 13.4. The predicted molar refractivity (Wildman–Crippen MR) is 140 cm³/mol. The highest BCUT2D eigenvalue weighted by atomic mass is 127. The Hall–Kier alpha value is -2.30. The zero-order valence-electron chi connectivity index (χ0n) is 19.7. The molecule has 0 N–H and O–H groups in total. The molecule has 0 atom stereocenters. The van der Waals surface area contributed by atoms with E-state index < -0.39 is 5.92 Å². The van der Waals surface area contributed by atoms with E-state index in [-0.39, 0.29) is 25.9 Å². The van der Waals surface area contributed by atoms with Crippen LogP contribution < -0.4 is 9.80 Å². The maximum absolute atomic E-state index is 13.6. The molecule has 1 saturated carbocycles. The molecule has 6 nitrogen and oxygen atoms in total. The first kappa shape index (κ1) is 23.1. The lowest BCUT2D eigenvalue weighted by Crippen LogP contribution is -2.39. The quantitative estimate of drug-likeness (QED) is 0.331. The highest BCUT2D eigenvalue weighted by molar-refractivity contribution is 14.1. The van der Waals surface area contributed by atoms with Crippen LogP contribution in [0.2, 0.25) is 0 Å². The molecular formula is C26H28F2IN5O. The number of hydrogen-bond donors (Lipinski definition) is 0. The van der Waals surface area contributed by atoms with Crippen LogP contribution in [0.15, 0.2) is 34.9 Å². The van der Waals surface area contributed by atoms with Gasteiger partial charge in [-0.15, -0.1) is 0 Å². The first-order valence-electron chi connectivity index (χ1n) is 12.3. The van der Waals surface area contributed by atoms with Crippen molar-refractivity contribution in [3.05, 3.63) is 39.6 Å². The normalized spacial score (nSPS) is 20.9. The first-order chi connectivity index (χ1) is 16.8. The predicted octanol–water partition coefficient (Wildman–Crippen LogP) is 6.33. The molecule has 3 aromatic rings. The second kappa shape index (κ2) is 8.67. The van der Waals surface area contributed by atoms with Crippen molar-refractivity contribution in [1.29, 1.82) is 0 Å². The number of aryl methyl sites for hydroxylation is 1. The van der Waals surface area contributed by atoms with Gasteiger partial charge in [0.2, 0.25) is 5.82 Å². The third-order valence-electron chi connectivity index (χ3n) is 7.76. The largest absolute Gasteiger partial charge is 0.371 e. The zero-order valence-corrected chi connectivity index (χ0v) is 21.9. The Morgan fingerprint density at radius 1 is 0.886 bits per heavy atom. The molecule has 0 bridgehead atoms. The Morgan fingerprint density at radius 3 is 2.31 bits per heavy atom. The molecule has 1 aromatic carbocycles. The number of halogens is 3. The smallest absolute Gasteiger partial charge is 0.260 e. The van der Waals surface area contributed by atoms with Gasteiger partial charge in [-0.25, -0.2) is 13.8 Å². The van der Waals surface area contributed by atoms with E-state index >= 15 is 0 Å². The topological polar surface area (TPSA) is 58.3 Å². The molecule has 3 fully saturated rings. The lowest BCUT2D eigenvalue weighted by Gasteiger charge is -2.34. The molecule has 2 aliphatic heterocycles. The number of piperidine rings is 2. The Kier molecular flexibility index (Phi) is 5.73. The van der Waals surface area contributed by atoms with Crippen molar-refractivity contribution in [2.45, 2.75) is 51.4 Å². The van der Waals surface area contributed by atoms with E-state index in [1.807, 2.05) is 24.0 Å². The summed E-state index contributed by atoms with van der Waals surface area (Å²) in [4.78, 5) is 13.7. The molecule has 3 aliphatic rings. The number of nitrogens with zero attached hydrogens (tertiary/aromatic N) is 5. The van der Waals surface area contributed by atoms with E-state index in [0.717, 1.165) is 35.6 Å². The Bertz CT molecular complexity index is 1240. The van der Waals surface area contributed by atoms with Crippen LogP contribution in [0.4, 0.5) is 20.3 Å². The third-order valence-corrected chi connectivity index (χ3v) is 8.43. The minimum absolute atomic E-state index is 0.155. The monoisotopic (exact) mass is 591 g/mol. The van der Waals surface area contributed by atoms with Crippen LogP contribution >= 0.6 is 22.6 Å². The van der Waals surface area contributed by atoms with Crippen molar-refractivity contribution in [3.8, 4) is 22.8 Å². The molecule has 0 radical (unpaired) electrons. The summed E-state index contributed by atoms with van der Waals surface area (Å²) < 4.78 is 34.2. The lowest BCUT2D eigenvalue weighted by atomic mass is 9.93.